The molecule has 0 amide bonds. The minimum absolute atomic E-state index is 0.0311. The lowest BCUT2D eigenvalue weighted by molar-refractivity contribution is -0.0369. The van der Waals surface area contributed by atoms with Gasteiger partial charge in [-0.1, -0.05) is 6.92 Å². The Balaban J connectivity index is 3.76. The van der Waals surface area contributed by atoms with Gasteiger partial charge >= 0.3 is 0 Å². The van der Waals surface area contributed by atoms with Gasteiger partial charge in [0.15, 0.2) is 0 Å². The first-order valence-corrected chi connectivity index (χ1v) is 4.15. The molecule has 74 valence electrons. The zero-order valence-electron chi connectivity index (χ0n) is 7.49. The molecule has 0 heterocycles. The Hall–Kier alpha value is -0.160. The van der Waals surface area contributed by atoms with Crippen molar-refractivity contribution < 1.29 is 20.1 Å². The van der Waals surface area contributed by atoms with Crippen LogP contribution in [-0.2, 0) is 4.74 Å². The minimum Gasteiger partial charge on any atom is -0.396 e. The van der Waals surface area contributed by atoms with E-state index in [1.54, 1.807) is 0 Å². The second-order valence-corrected chi connectivity index (χ2v) is 2.95. The van der Waals surface area contributed by atoms with E-state index in [-0.39, 0.29) is 33.0 Å². The van der Waals surface area contributed by atoms with Crippen LogP contribution < -0.4 is 0 Å². The largest absolute Gasteiger partial charge is 0.396 e. The molecule has 0 aliphatic rings. The van der Waals surface area contributed by atoms with Crippen LogP contribution >= 0.6 is 0 Å². The van der Waals surface area contributed by atoms with Crippen molar-refractivity contribution >= 4 is 0 Å². The molecule has 4 nitrogen and oxygen atoms in total. The van der Waals surface area contributed by atoms with Gasteiger partial charge in [-0.05, 0) is 6.42 Å². The van der Waals surface area contributed by atoms with Gasteiger partial charge in [0, 0.05) is 5.41 Å². The Kier molecular flexibility index (Phi) is 6.28. The molecule has 0 radical (unpaired) electrons. The third-order valence-corrected chi connectivity index (χ3v) is 2.06. The second kappa shape index (κ2) is 6.37. The minimum atomic E-state index is -0.546. The molecule has 0 aromatic heterocycles. The molecule has 3 N–H and O–H groups in total. The Labute approximate surface area is 72.8 Å². The van der Waals surface area contributed by atoms with Crippen molar-refractivity contribution in [2.45, 2.75) is 13.3 Å². The van der Waals surface area contributed by atoms with Gasteiger partial charge in [0.05, 0.1) is 33.0 Å². The Morgan fingerprint density at radius 3 is 2.08 bits per heavy atom. The van der Waals surface area contributed by atoms with Gasteiger partial charge in [-0.25, -0.2) is 0 Å². The SMILES string of the molecule is CCC(CO)(CO)COCCO. The summed E-state index contributed by atoms with van der Waals surface area (Å²) >= 11 is 0. The number of aliphatic hydroxyl groups excluding tert-OH is 3. The highest BCUT2D eigenvalue weighted by molar-refractivity contribution is 4.75. The summed E-state index contributed by atoms with van der Waals surface area (Å²) in [4.78, 5) is 0. The van der Waals surface area contributed by atoms with Crippen molar-refractivity contribution in [1.29, 1.82) is 0 Å². The summed E-state index contributed by atoms with van der Waals surface area (Å²) in [6.07, 6.45) is 0.658. The van der Waals surface area contributed by atoms with Gasteiger partial charge in [0.25, 0.3) is 0 Å². The molecule has 0 saturated heterocycles. The van der Waals surface area contributed by atoms with Crippen LogP contribution in [0.3, 0.4) is 0 Å². The molecule has 0 aromatic carbocycles. The van der Waals surface area contributed by atoms with Crippen LogP contribution in [-0.4, -0.2) is 48.4 Å². The predicted molar refractivity (Wildman–Crippen MR) is 44.8 cm³/mol. The molecule has 0 fully saturated rings. The maximum Gasteiger partial charge on any atom is 0.0698 e. The van der Waals surface area contributed by atoms with Gasteiger partial charge in [0.2, 0.25) is 0 Å². The predicted octanol–water partition coefficient (Wildman–Crippen LogP) is -0.624. The van der Waals surface area contributed by atoms with Gasteiger partial charge < -0.3 is 20.1 Å². The highest BCUT2D eigenvalue weighted by Crippen LogP contribution is 2.20. The van der Waals surface area contributed by atoms with Crippen LogP contribution in [0.15, 0.2) is 0 Å². The fraction of sp³-hybridized carbons (Fsp3) is 1.00. The van der Waals surface area contributed by atoms with E-state index in [0.29, 0.717) is 6.42 Å². The zero-order valence-corrected chi connectivity index (χ0v) is 7.49. The van der Waals surface area contributed by atoms with E-state index >= 15 is 0 Å². The van der Waals surface area contributed by atoms with Crippen molar-refractivity contribution in [2.75, 3.05) is 33.0 Å². The van der Waals surface area contributed by atoms with E-state index in [1.165, 1.54) is 0 Å². The Morgan fingerprint density at radius 1 is 1.17 bits per heavy atom. The molecule has 12 heavy (non-hydrogen) atoms. The molecule has 0 atom stereocenters. The van der Waals surface area contributed by atoms with Crippen molar-refractivity contribution in [3.8, 4) is 0 Å². The van der Waals surface area contributed by atoms with E-state index in [0.717, 1.165) is 0 Å². The normalized spacial score (nSPS) is 12.0. The molecule has 4 heteroatoms. The quantitative estimate of drug-likeness (QED) is 0.454. The summed E-state index contributed by atoms with van der Waals surface area (Å²) < 4.78 is 5.05. The third kappa shape index (κ3) is 3.49. The molecular formula is C8H18O4. The maximum atomic E-state index is 8.97. The number of rotatable bonds is 7. The summed E-state index contributed by atoms with van der Waals surface area (Å²) in [5, 5.41) is 26.4. The Bertz CT molecular complexity index is 93.0. The third-order valence-electron chi connectivity index (χ3n) is 2.06. The van der Waals surface area contributed by atoms with Crippen molar-refractivity contribution in [2.24, 2.45) is 5.41 Å². The maximum absolute atomic E-state index is 8.97. The molecule has 0 unspecified atom stereocenters. The van der Waals surface area contributed by atoms with Crippen LogP contribution in [0.1, 0.15) is 13.3 Å². The standard InChI is InChI=1S/C8H18O4/c1-2-8(5-10,6-11)7-12-4-3-9/h9-11H,2-7H2,1H3. The molecule has 0 saturated carbocycles. The van der Waals surface area contributed by atoms with Crippen molar-refractivity contribution in [1.82, 2.24) is 0 Å². The number of ether oxygens (including phenoxy) is 1. The van der Waals surface area contributed by atoms with E-state index in [1.807, 2.05) is 6.92 Å². The molecule has 0 rings (SSSR count). The highest BCUT2D eigenvalue weighted by Gasteiger charge is 2.26. The first kappa shape index (κ1) is 11.8. The number of aliphatic hydroxyl groups is 3. The van der Waals surface area contributed by atoms with Crippen molar-refractivity contribution in [3.63, 3.8) is 0 Å². The first-order chi connectivity index (χ1) is 5.74. The Morgan fingerprint density at radius 2 is 1.75 bits per heavy atom. The first-order valence-electron chi connectivity index (χ1n) is 4.15. The lowest BCUT2D eigenvalue weighted by atomic mass is 9.88. The summed E-state index contributed by atoms with van der Waals surface area (Å²) in [5.41, 5.74) is -0.546. The molecule has 0 bridgehead atoms. The van der Waals surface area contributed by atoms with E-state index in [2.05, 4.69) is 0 Å². The fourth-order valence-electron chi connectivity index (χ4n) is 0.820. The average molecular weight is 178 g/mol. The van der Waals surface area contributed by atoms with Crippen LogP contribution in [0.5, 0.6) is 0 Å². The summed E-state index contributed by atoms with van der Waals surface area (Å²) in [5.74, 6) is 0. The van der Waals surface area contributed by atoms with Crippen LogP contribution in [0, 0.1) is 5.41 Å². The summed E-state index contributed by atoms with van der Waals surface area (Å²) in [6, 6.07) is 0. The number of hydrogen-bond donors (Lipinski definition) is 3. The summed E-state index contributed by atoms with van der Waals surface area (Å²) in [6.45, 7) is 2.21. The molecule has 0 aliphatic carbocycles. The monoisotopic (exact) mass is 178 g/mol. The van der Waals surface area contributed by atoms with Crippen LogP contribution in [0.2, 0.25) is 0 Å². The van der Waals surface area contributed by atoms with Gasteiger partial charge in [-0.3, -0.25) is 0 Å². The van der Waals surface area contributed by atoms with Crippen LogP contribution in [0.4, 0.5) is 0 Å². The molecule has 0 spiro atoms. The lowest BCUT2D eigenvalue weighted by Gasteiger charge is -2.27. The van der Waals surface area contributed by atoms with Crippen LogP contribution in [0.25, 0.3) is 0 Å². The molecule has 0 aliphatic heterocycles. The zero-order chi connectivity index (χ0) is 9.45. The fourth-order valence-corrected chi connectivity index (χ4v) is 0.820. The van der Waals surface area contributed by atoms with E-state index in [4.69, 9.17) is 20.1 Å². The van der Waals surface area contributed by atoms with Gasteiger partial charge in [-0.2, -0.15) is 0 Å². The molecule has 0 aromatic rings. The lowest BCUT2D eigenvalue weighted by Crippen LogP contribution is -2.34. The molecular weight excluding hydrogens is 160 g/mol. The van der Waals surface area contributed by atoms with E-state index < -0.39 is 5.41 Å². The summed E-state index contributed by atoms with van der Waals surface area (Å²) in [7, 11) is 0. The van der Waals surface area contributed by atoms with Gasteiger partial charge in [-0.15, -0.1) is 0 Å². The second-order valence-electron chi connectivity index (χ2n) is 2.95. The smallest absolute Gasteiger partial charge is 0.0698 e. The van der Waals surface area contributed by atoms with Gasteiger partial charge in [0.1, 0.15) is 0 Å². The van der Waals surface area contributed by atoms with Crippen molar-refractivity contribution in [3.05, 3.63) is 0 Å². The van der Waals surface area contributed by atoms with E-state index in [9.17, 15) is 0 Å². The average Bonchev–Trinajstić information content (AvgIpc) is 2.14. The number of hydrogen-bond acceptors (Lipinski definition) is 4. The highest BCUT2D eigenvalue weighted by atomic mass is 16.5. The topological polar surface area (TPSA) is 69.9 Å².